The standard InChI is InChI=1S/C13H19N3OS2/c17-5-2-6-18-8-4-14-9-11-10-15-16-13(11)12-3-1-7-19-12/h1,3,7,10,14,17H,2,4-6,8-9H2,(H,15,16). The first-order valence-corrected chi connectivity index (χ1v) is 8.40. The van der Waals surface area contributed by atoms with E-state index in [4.69, 9.17) is 5.11 Å². The average Bonchev–Trinajstić information content (AvgIpc) is 3.08. The summed E-state index contributed by atoms with van der Waals surface area (Å²) in [6.45, 7) is 2.11. The lowest BCUT2D eigenvalue weighted by atomic mass is 10.2. The smallest absolute Gasteiger partial charge is 0.0794 e. The van der Waals surface area contributed by atoms with Gasteiger partial charge in [0.15, 0.2) is 0 Å². The van der Waals surface area contributed by atoms with Gasteiger partial charge in [-0.25, -0.2) is 0 Å². The lowest BCUT2D eigenvalue weighted by molar-refractivity contribution is 0.296. The van der Waals surface area contributed by atoms with E-state index < -0.39 is 0 Å². The third-order valence-corrected chi connectivity index (χ3v) is 4.63. The molecule has 0 amide bonds. The van der Waals surface area contributed by atoms with Crippen LogP contribution in [-0.4, -0.2) is 40.0 Å². The first-order chi connectivity index (χ1) is 9.42. The van der Waals surface area contributed by atoms with Crippen molar-refractivity contribution in [2.45, 2.75) is 13.0 Å². The summed E-state index contributed by atoms with van der Waals surface area (Å²) < 4.78 is 0. The molecule has 2 aromatic rings. The summed E-state index contributed by atoms with van der Waals surface area (Å²) in [5.41, 5.74) is 2.33. The number of rotatable bonds is 9. The Hall–Kier alpha value is -0.820. The summed E-state index contributed by atoms with van der Waals surface area (Å²) in [7, 11) is 0. The van der Waals surface area contributed by atoms with Crippen LogP contribution < -0.4 is 5.32 Å². The third-order valence-electron chi connectivity index (χ3n) is 2.67. The minimum Gasteiger partial charge on any atom is -0.396 e. The largest absolute Gasteiger partial charge is 0.396 e. The number of aromatic nitrogens is 2. The molecule has 0 spiro atoms. The zero-order chi connectivity index (χ0) is 13.3. The van der Waals surface area contributed by atoms with Crippen LogP contribution >= 0.6 is 23.1 Å². The Labute approximate surface area is 121 Å². The quantitative estimate of drug-likeness (QED) is 0.622. The van der Waals surface area contributed by atoms with Crippen molar-refractivity contribution >= 4 is 23.1 Å². The molecule has 19 heavy (non-hydrogen) atoms. The Kier molecular flexibility index (Phi) is 6.43. The van der Waals surface area contributed by atoms with Gasteiger partial charge in [0.1, 0.15) is 0 Å². The fourth-order valence-corrected chi connectivity index (χ4v) is 3.30. The second-order valence-corrected chi connectivity index (χ2v) is 6.29. The van der Waals surface area contributed by atoms with E-state index in [0.29, 0.717) is 6.61 Å². The van der Waals surface area contributed by atoms with Gasteiger partial charge in [0.2, 0.25) is 0 Å². The van der Waals surface area contributed by atoms with Crippen molar-refractivity contribution in [1.82, 2.24) is 15.5 Å². The first-order valence-electron chi connectivity index (χ1n) is 6.37. The van der Waals surface area contributed by atoms with Crippen LogP contribution in [0.15, 0.2) is 23.7 Å². The van der Waals surface area contributed by atoms with E-state index in [1.165, 1.54) is 10.4 Å². The number of aliphatic hydroxyl groups is 1. The van der Waals surface area contributed by atoms with Crippen LogP contribution in [0.2, 0.25) is 0 Å². The lowest BCUT2D eigenvalue weighted by Gasteiger charge is -2.04. The number of nitrogens with one attached hydrogen (secondary N) is 2. The summed E-state index contributed by atoms with van der Waals surface area (Å²) in [6.07, 6.45) is 2.77. The number of hydrogen-bond acceptors (Lipinski definition) is 5. The monoisotopic (exact) mass is 297 g/mol. The molecule has 0 fully saturated rings. The Morgan fingerprint density at radius 3 is 3.16 bits per heavy atom. The zero-order valence-corrected chi connectivity index (χ0v) is 12.4. The van der Waals surface area contributed by atoms with E-state index in [1.54, 1.807) is 11.3 Å². The fraction of sp³-hybridized carbons (Fsp3) is 0.462. The number of nitrogens with zero attached hydrogens (tertiary/aromatic N) is 1. The van der Waals surface area contributed by atoms with Crippen LogP contribution in [0, 0.1) is 0 Å². The van der Waals surface area contributed by atoms with Crippen molar-refractivity contribution in [2.75, 3.05) is 24.7 Å². The maximum atomic E-state index is 8.68. The highest BCUT2D eigenvalue weighted by atomic mass is 32.2. The van der Waals surface area contributed by atoms with E-state index in [2.05, 4.69) is 33.0 Å². The minimum absolute atomic E-state index is 0.291. The predicted octanol–water partition coefficient (Wildman–Crippen LogP) is 2.34. The van der Waals surface area contributed by atoms with Crippen LogP contribution in [0.1, 0.15) is 12.0 Å². The molecule has 0 saturated heterocycles. The van der Waals surface area contributed by atoms with Gasteiger partial charge in [-0.3, -0.25) is 5.10 Å². The molecule has 104 valence electrons. The summed E-state index contributed by atoms with van der Waals surface area (Å²) in [6, 6.07) is 4.16. The maximum absolute atomic E-state index is 8.68. The van der Waals surface area contributed by atoms with Gasteiger partial charge in [-0.05, 0) is 23.6 Å². The molecule has 0 bridgehead atoms. The summed E-state index contributed by atoms with van der Waals surface area (Å²) in [5, 5.41) is 21.4. The molecular weight excluding hydrogens is 278 g/mol. The molecular formula is C13H19N3OS2. The highest BCUT2D eigenvalue weighted by Crippen LogP contribution is 2.25. The second-order valence-electron chi connectivity index (χ2n) is 4.11. The van der Waals surface area contributed by atoms with Gasteiger partial charge in [-0.2, -0.15) is 16.9 Å². The highest BCUT2D eigenvalue weighted by Gasteiger charge is 2.07. The van der Waals surface area contributed by atoms with Gasteiger partial charge in [0.05, 0.1) is 16.8 Å². The van der Waals surface area contributed by atoms with E-state index in [0.717, 1.165) is 36.7 Å². The summed E-state index contributed by atoms with van der Waals surface area (Å²) >= 11 is 3.59. The number of H-pyrrole nitrogens is 1. The topological polar surface area (TPSA) is 60.9 Å². The molecule has 2 rings (SSSR count). The molecule has 0 aliphatic rings. The SMILES string of the molecule is OCCCSCCNCc1cn[nH]c1-c1cccs1. The van der Waals surface area contributed by atoms with Crippen LogP contribution in [0.3, 0.4) is 0 Å². The Balaban J connectivity index is 1.71. The number of aliphatic hydroxyl groups excluding tert-OH is 1. The maximum Gasteiger partial charge on any atom is 0.0794 e. The number of thiophene rings is 1. The molecule has 0 unspecified atom stereocenters. The van der Waals surface area contributed by atoms with Gasteiger partial charge in [0, 0.05) is 31.0 Å². The molecule has 0 aromatic carbocycles. The predicted molar refractivity (Wildman–Crippen MR) is 82.6 cm³/mol. The number of thioether (sulfide) groups is 1. The number of hydrogen-bond donors (Lipinski definition) is 3. The summed E-state index contributed by atoms with van der Waals surface area (Å²) in [5.74, 6) is 2.11. The van der Waals surface area contributed by atoms with Crippen LogP contribution in [0.25, 0.3) is 10.6 Å². The van der Waals surface area contributed by atoms with Crippen molar-refractivity contribution in [3.63, 3.8) is 0 Å². The highest BCUT2D eigenvalue weighted by molar-refractivity contribution is 7.99. The molecule has 4 nitrogen and oxygen atoms in total. The van der Waals surface area contributed by atoms with Crippen molar-refractivity contribution in [3.05, 3.63) is 29.3 Å². The van der Waals surface area contributed by atoms with Crippen molar-refractivity contribution in [1.29, 1.82) is 0 Å². The van der Waals surface area contributed by atoms with Crippen LogP contribution in [0.4, 0.5) is 0 Å². The molecule has 0 saturated carbocycles. The van der Waals surface area contributed by atoms with Crippen LogP contribution in [0.5, 0.6) is 0 Å². The fourth-order valence-electron chi connectivity index (χ4n) is 1.72. The zero-order valence-electron chi connectivity index (χ0n) is 10.8. The molecule has 2 aromatic heterocycles. The van der Waals surface area contributed by atoms with Crippen molar-refractivity contribution in [3.8, 4) is 10.6 Å². The molecule has 0 atom stereocenters. The lowest BCUT2D eigenvalue weighted by Crippen LogP contribution is -2.16. The first kappa shape index (κ1) is 14.6. The average molecular weight is 297 g/mol. The van der Waals surface area contributed by atoms with E-state index in [1.807, 2.05) is 18.0 Å². The Morgan fingerprint density at radius 1 is 1.42 bits per heavy atom. The number of aromatic amines is 1. The van der Waals surface area contributed by atoms with E-state index in [9.17, 15) is 0 Å². The van der Waals surface area contributed by atoms with Gasteiger partial charge < -0.3 is 10.4 Å². The van der Waals surface area contributed by atoms with Gasteiger partial charge in [0.25, 0.3) is 0 Å². The van der Waals surface area contributed by atoms with Gasteiger partial charge in [-0.1, -0.05) is 6.07 Å². The molecule has 0 aliphatic carbocycles. The van der Waals surface area contributed by atoms with Crippen molar-refractivity contribution in [2.24, 2.45) is 0 Å². The Bertz CT molecular complexity index is 456. The third kappa shape index (κ3) is 4.65. The van der Waals surface area contributed by atoms with Crippen molar-refractivity contribution < 1.29 is 5.11 Å². The minimum atomic E-state index is 0.291. The Morgan fingerprint density at radius 2 is 2.37 bits per heavy atom. The molecule has 6 heteroatoms. The van der Waals surface area contributed by atoms with E-state index in [-0.39, 0.29) is 0 Å². The van der Waals surface area contributed by atoms with E-state index >= 15 is 0 Å². The van der Waals surface area contributed by atoms with Crippen LogP contribution in [-0.2, 0) is 6.54 Å². The normalized spacial score (nSPS) is 11.0. The second kappa shape index (κ2) is 8.37. The molecule has 0 radical (unpaired) electrons. The molecule has 2 heterocycles. The molecule has 3 N–H and O–H groups in total. The van der Waals surface area contributed by atoms with Gasteiger partial charge >= 0.3 is 0 Å². The molecule has 0 aliphatic heterocycles. The summed E-state index contributed by atoms with van der Waals surface area (Å²) in [4.78, 5) is 1.23. The van der Waals surface area contributed by atoms with Gasteiger partial charge in [-0.15, -0.1) is 11.3 Å².